The minimum Gasteiger partial charge on any atom is -0.473 e. The zero-order chi connectivity index (χ0) is 25.2. The van der Waals surface area contributed by atoms with Crippen molar-refractivity contribution in [1.82, 2.24) is 9.80 Å². The van der Waals surface area contributed by atoms with Gasteiger partial charge in [0.05, 0.1) is 5.92 Å². The molecule has 0 radical (unpaired) electrons. The SMILES string of the molecule is O=C(C1CCCN(Cc2ccc(F)cc2)C1)N1CCC(Cc2ccccc2)CC1.O=C(O)C(=O)O. The Morgan fingerprint density at radius 1 is 0.829 bits per heavy atom. The van der Waals surface area contributed by atoms with E-state index in [2.05, 4.69) is 40.1 Å². The lowest BCUT2D eigenvalue weighted by Gasteiger charge is -2.38. The van der Waals surface area contributed by atoms with Gasteiger partial charge >= 0.3 is 11.9 Å². The molecule has 2 aliphatic heterocycles. The molecule has 2 saturated heterocycles. The second-order valence-electron chi connectivity index (χ2n) is 9.27. The van der Waals surface area contributed by atoms with Gasteiger partial charge in [0, 0.05) is 26.2 Å². The number of halogens is 1. The quantitative estimate of drug-likeness (QED) is 0.629. The van der Waals surface area contributed by atoms with Crippen molar-refractivity contribution in [2.24, 2.45) is 11.8 Å². The fourth-order valence-electron chi connectivity index (χ4n) is 4.81. The highest BCUT2D eigenvalue weighted by Crippen LogP contribution is 2.26. The maximum absolute atomic E-state index is 13.1. The van der Waals surface area contributed by atoms with Gasteiger partial charge < -0.3 is 15.1 Å². The number of nitrogens with zero attached hydrogens (tertiary/aromatic N) is 2. The van der Waals surface area contributed by atoms with Crippen molar-refractivity contribution in [3.05, 3.63) is 71.5 Å². The molecule has 1 atom stereocenters. The number of carboxylic acid groups (broad SMARTS) is 2. The number of likely N-dealkylation sites (tertiary alicyclic amines) is 2. The molecular weight excluding hydrogens is 451 g/mol. The fraction of sp³-hybridized carbons (Fsp3) is 0.444. The van der Waals surface area contributed by atoms with E-state index < -0.39 is 11.9 Å². The molecule has 0 aromatic heterocycles. The van der Waals surface area contributed by atoms with Crippen LogP contribution in [0, 0.1) is 17.7 Å². The fourth-order valence-corrected chi connectivity index (χ4v) is 4.81. The van der Waals surface area contributed by atoms with Gasteiger partial charge in [-0.1, -0.05) is 42.5 Å². The van der Waals surface area contributed by atoms with E-state index >= 15 is 0 Å². The topological polar surface area (TPSA) is 98.2 Å². The van der Waals surface area contributed by atoms with Crippen LogP contribution in [0.3, 0.4) is 0 Å². The molecule has 1 unspecified atom stereocenters. The van der Waals surface area contributed by atoms with Crippen LogP contribution in [-0.2, 0) is 27.3 Å². The number of piperidine rings is 2. The summed E-state index contributed by atoms with van der Waals surface area (Å²) in [5.74, 6) is -2.72. The lowest BCUT2D eigenvalue weighted by Crippen LogP contribution is -2.47. The summed E-state index contributed by atoms with van der Waals surface area (Å²) in [6.07, 6.45) is 5.38. The first kappa shape index (κ1) is 26.3. The Kier molecular flexibility index (Phi) is 9.78. The van der Waals surface area contributed by atoms with E-state index in [4.69, 9.17) is 19.8 Å². The van der Waals surface area contributed by atoms with Crippen molar-refractivity contribution in [2.75, 3.05) is 26.2 Å². The molecule has 2 aromatic carbocycles. The van der Waals surface area contributed by atoms with E-state index in [1.165, 1.54) is 17.7 Å². The first-order chi connectivity index (χ1) is 16.8. The molecule has 8 heteroatoms. The lowest BCUT2D eigenvalue weighted by molar-refractivity contribution is -0.159. The number of rotatable bonds is 5. The summed E-state index contributed by atoms with van der Waals surface area (Å²) in [6.45, 7) is 4.42. The molecular formula is C27H33FN2O5. The van der Waals surface area contributed by atoms with Crippen molar-refractivity contribution < 1.29 is 29.0 Å². The predicted octanol–water partition coefficient (Wildman–Crippen LogP) is 3.67. The van der Waals surface area contributed by atoms with Crippen molar-refractivity contribution >= 4 is 17.8 Å². The molecule has 35 heavy (non-hydrogen) atoms. The van der Waals surface area contributed by atoms with Gasteiger partial charge in [-0.25, -0.2) is 14.0 Å². The van der Waals surface area contributed by atoms with E-state index in [1.807, 2.05) is 12.1 Å². The van der Waals surface area contributed by atoms with Gasteiger partial charge in [0.15, 0.2) is 0 Å². The molecule has 4 rings (SSSR count). The van der Waals surface area contributed by atoms with Crippen molar-refractivity contribution in [1.29, 1.82) is 0 Å². The number of carboxylic acids is 2. The van der Waals surface area contributed by atoms with Crippen LogP contribution in [0.5, 0.6) is 0 Å². The Balaban J connectivity index is 0.000000509. The largest absolute Gasteiger partial charge is 0.473 e. The highest BCUT2D eigenvalue weighted by Gasteiger charge is 2.31. The molecule has 2 aliphatic rings. The Morgan fingerprint density at radius 2 is 1.46 bits per heavy atom. The predicted molar refractivity (Wildman–Crippen MR) is 129 cm³/mol. The second-order valence-corrected chi connectivity index (χ2v) is 9.27. The Morgan fingerprint density at radius 3 is 2.06 bits per heavy atom. The molecule has 2 heterocycles. The average Bonchev–Trinajstić information content (AvgIpc) is 2.87. The van der Waals surface area contributed by atoms with E-state index in [0.717, 1.165) is 70.4 Å². The molecule has 0 spiro atoms. The maximum Gasteiger partial charge on any atom is 0.414 e. The standard InChI is InChI=1S/C25H31FN2O.C2H2O4/c26-24-10-8-22(9-11-24)18-27-14-4-7-23(19-27)25(29)28-15-12-21(13-16-28)17-20-5-2-1-3-6-20;3-1(4)2(5)6/h1-3,5-6,8-11,21,23H,4,7,12-19H2;(H,3,4)(H,5,6). The third-order valence-corrected chi connectivity index (χ3v) is 6.65. The molecule has 2 fully saturated rings. The van der Waals surface area contributed by atoms with Crippen molar-refractivity contribution in [3.63, 3.8) is 0 Å². The van der Waals surface area contributed by atoms with E-state index in [9.17, 15) is 9.18 Å². The van der Waals surface area contributed by atoms with Crippen LogP contribution in [0.25, 0.3) is 0 Å². The van der Waals surface area contributed by atoms with Gasteiger partial charge in [-0.15, -0.1) is 0 Å². The number of aliphatic carboxylic acids is 2. The smallest absolute Gasteiger partial charge is 0.414 e. The number of benzene rings is 2. The van der Waals surface area contributed by atoms with E-state index in [0.29, 0.717) is 11.8 Å². The molecule has 7 nitrogen and oxygen atoms in total. The number of hydrogen-bond donors (Lipinski definition) is 2. The zero-order valence-corrected chi connectivity index (χ0v) is 19.8. The van der Waals surface area contributed by atoms with Gasteiger partial charge in [0.25, 0.3) is 0 Å². The first-order valence-electron chi connectivity index (χ1n) is 12.1. The van der Waals surface area contributed by atoms with Gasteiger partial charge in [0.1, 0.15) is 5.82 Å². The summed E-state index contributed by atoms with van der Waals surface area (Å²) < 4.78 is 13.1. The Bertz CT molecular complexity index is 963. The second kappa shape index (κ2) is 13.0. The highest BCUT2D eigenvalue weighted by atomic mass is 19.1. The molecule has 0 aliphatic carbocycles. The highest BCUT2D eigenvalue weighted by molar-refractivity contribution is 6.27. The molecule has 2 N–H and O–H groups in total. The van der Waals surface area contributed by atoms with Crippen molar-refractivity contribution in [2.45, 2.75) is 38.6 Å². The van der Waals surface area contributed by atoms with Crippen LogP contribution >= 0.6 is 0 Å². The van der Waals surface area contributed by atoms with Gasteiger partial charge in [-0.05, 0) is 67.8 Å². The number of carbonyl (C=O) groups excluding carboxylic acids is 1. The third-order valence-electron chi connectivity index (χ3n) is 6.65. The average molecular weight is 485 g/mol. The summed E-state index contributed by atoms with van der Waals surface area (Å²) in [6, 6.07) is 17.4. The van der Waals surface area contributed by atoms with Crippen LogP contribution in [0.15, 0.2) is 54.6 Å². The molecule has 1 amide bonds. The van der Waals surface area contributed by atoms with Crippen LogP contribution in [0.1, 0.15) is 36.8 Å². The normalized spacial score (nSPS) is 18.9. The van der Waals surface area contributed by atoms with Gasteiger partial charge in [-0.3, -0.25) is 9.69 Å². The van der Waals surface area contributed by atoms with Crippen LogP contribution in [-0.4, -0.2) is 64.0 Å². The van der Waals surface area contributed by atoms with E-state index in [1.54, 1.807) is 0 Å². The van der Waals surface area contributed by atoms with Gasteiger partial charge in [-0.2, -0.15) is 0 Å². The summed E-state index contributed by atoms with van der Waals surface area (Å²) >= 11 is 0. The lowest BCUT2D eigenvalue weighted by atomic mass is 9.89. The minimum atomic E-state index is -1.82. The zero-order valence-electron chi connectivity index (χ0n) is 19.8. The third kappa shape index (κ3) is 8.47. The van der Waals surface area contributed by atoms with Crippen LogP contribution in [0.4, 0.5) is 4.39 Å². The number of hydrogen-bond acceptors (Lipinski definition) is 4. The molecule has 0 bridgehead atoms. The van der Waals surface area contributed by atoms with Crippen LogP contribution < -0.4 is 0 Å². The van der Waals surface area contributed by atoms with E-state index in [-0.39, 0.29) is 11.7 Å². The summed E-state index contributed by atoms with van der Waals surface area (Å²) in [5, 5.41) is 14.8. The summed E-state index contributed by atoms with van der Waals surface area (Å²) in [4.78, 5) is 35.8. The molecule has 2 aromatic rings. The monoisotopic (exact) mass is 484 g/mol. The number of carbonyl (C=O) groups is 3. The maximum atomic E-state index is 13.1. The summed E-state index contributed by atoms with van der Waals surface area (Å²) in [7, 11) is 0. The Labute approximate surface area is 205 Å². The number of amides is 1. The molecule has 188 valence electrons. The first-order valence-corrected chi connectivity index (χ1v) is 12.1. The van der Waals surface area contributed by atoms with Gasteiger partial charge in [0.2, 0.25) is 5.91 Å². The molecule has 0 saturated carbocycles. The Hall–Kier alpha value is -3.26. The van der Waals surface area contributed by atoms with Crippen LogP contribution in [0.2, 0.25) is 0 Å². The van der Waals surface area contributed by atoms with Crippen molar-refractivity contribution in [3.8, 4) is 0 Å². The summed E-state index contributed by atoms with van der Waals surface area (Å²) in [5.41, 5.74) is 2.52. The minimum absolute atomic E-state index is 0.106.